The van der Waals surface area contributed by atoms with Gasteiger partial charge in [0.05, 0.1) is 11.9 Å². The van der Waals surface area contributed by atoms with E-state index in [1.807, 2.05) is 23.7 Å². The highest BCUT2D eigenvalue weighted by Crippen LogP contribution is 2.23. The average Bonchev–Trinajstić information content (AvgIpc) is 2.68. The predicted molar refractivity (Wildman–Crippen MR) is 72.1 cm³/mol. The number of nitrogens with zero attached hydrogens (tertiary/aromatic N) is 2. The number of benzene rings is 1. The third-order valence-corrected chi connectivity index (χ3v) is 3.87. The highest BCUT2D eigenvalue weighted by molar-refractivity contribution is 7.98. The van der Waals surface area contributed by atoms with Crippen molar-refractivity contribution in [1.29, 1.82) is 0 Å². The summed E-state index contributed by atoms with van der Waals surface area (Å²) in [6.45, 7) is 0.572. The number of nitrogens with two attached hydrogens (primary N) is 1. The van der Waals surface area contributed by atoms with Crippen LogP contribution in [0.25, 0.3) is 0 Å². The summed E-state index contributed by atoms with van der Waals surface area (Å²) in [7, 11) is 1.92. The van der Waals surface area contributed by atoms with Crippen molar-refractivity contribution in [3.8, 4) is 0 Å². The van der Waals surface area contributed by atoms with Gasteiger partial charge in [0.1, 0.15) is 11.0 Å². The summed E-state index contributed by atoms with van der Waals surface area (Å²) >= 11 is 7.67. The topological polar surface area (TPSA) is 43.8 Å². The van der Waals surface area contributed by atoms with Gasteiger partial charge in [0.25, 0.3) is 0 Å². The first-order valence-electron chi connectivity index (χ1n) is 5.28. The van der Waals surface area contributed by atoms with E-state index in [2.05, 4.69) is 17.1 Å². The number of hydrogen-bond acceptors (Lipinski definition) is 3. The van der Waals surface area contributed by atoms with Gasteiger partial charge in [-0.2, -0.15) is 0 Å². The van der Waals surface area contributed by atoms with Gasteiger partial charge in [-0.25, -0.2) is 4.98 Å². The minimum Gasteiger partial charge on any atom is -0.326 e. The number of halogens is 1. The molecule has 0 atom stereocenters. The fraction of sp³-hybridized carbons (Fsp3) is 0.250. The van der Waals surface area contributed by atoms with Gasteiger partial charge in [-0.1, -0.05) is 23.7 Å². The zero-order chi connectivity index (χ0) is 12.3. The molecule has 90 valence electrons. The third-order valence-electron chi connectivity index (χ3n) is 2.53. The maximum Gasteiger partial charge on any atom is 0.128 e. The number of thioether (sulfide) groups is 1. The molecule has 0 saturated heterocycles. The molecule has 2 rings (SSSR count). The summed E-state index contributed by atoms with van der Waals surface area (Å²) in [5.74, 6) is 1.77. The van der Waals surface area contributed by atoms with Gasteiger partial charge in [0.15, 0.2) is 0 Å². The second kappa shape index (κ2) is 5.58. The van der Waals surface area contributed by atoms with Crippen LogP contribution in [0.3, 0.4) is 0 Å². The standard InChI is InChI=1S/C12H14ClN3S/c1-16-11(13)7-15-12(16)8-17-10-4-2-3-9(5-10)6-14/h2-5,7H,6,8,14H2,1H3. The molecule has 1 aromatic carbocycles. The summed E-state index contributed by atoms with van der Waals surface area (Å²) < 4.78 is 1.89. The molecule has 0 aliphatic rings. The number of hydrogen-bond donors (Lipinski definition) is 1. The van der Waals surface area contributed by atoms with Crippen LogP contribution < -0.4 is 5.73 Å². The summed E-state index contributed by atoms with van der Waals surface area (Å²) in [6, 6.07) is 8.24. The van der Waals surface area contributed by atoms with E-state index < -0.39 is 0 Å². The molecule has 0 bridgehead atoms. The van der Waals surface area contributed by atoms with E-state index >= 15 is 0 Å². The Morgan fingerprint density at radius 2 is 2.29 bits per heavy atom. The Morgan fingerprint density at radius 3 is 2.94 bits per heavy atom. The molecular weight excluding hydrogens is 254 g/mol. The molecular formula is C12H14ClN3S. The molecule has 0 aliphatic heterocycles. The van der Waals surface area contributed by atoms with Crippen LogP contribution >= 0.6 is 23.4 Å². The number of rotatable bonds is 4. The second-order valence-electron chi connectivity index (χ2n) is 3.70. The lowest BCUT2D eigenvalue weighted by atomic mass is 10.2. The normalized spacial score (nSPS) is 10.8. The van der Waals surface area contributed by atoms with Crippen LogP contribution in [-0.2, 0) is 19.3 Å². The smallest absolute Gasteiger partial charge is 0.128 e. The molecule has 0 fully saturated rings. The highest BCUT2D eigenvalue weighted by Gasteiger charge is 2.05. The molecule has 0 aliphatic carbocycles. The van der Waals surface area contributed by atoms with Gasteiger partial charge in [0.2, 0.25) is 0 Å². The Morgan fingerprint density at radius 1 is 1.47 bits per heavy atom. The summed E-state index contributed by atoms with van der Waals surface area (Å²) in [6.07, 6.45) is 1.67. The Balaban J connectivity index is 2.04. The van der Waals surface area contributed by atoms with Gasteiger partial charge in [-0.15, -0.1) is 11.8 Å². The van der Waals surface area contributed by atoms with Crippen LogP contribution in [0, 0.1) is 0 Å². The minimum absolute atomic E-state index is 0.572. The molecule has 3 nitrogen and oxygen atoms in total. The first-order chi connectivity index (χ1) is 8.20. The predicted octanol–water partition coefficient (Wildman–Crippen LogP) is 2.82. The molecule has 1 aromatic heterocycles. The molecule has 2 N–H and O–H groups in total. The maximum atomic E-state index is 5.93. The molecule has 0 unspecified atom stereocenters. The van der Waals surface area contributed by atoms with Crippen molar-refractivity contribution in [3.63, 3.8) is 0 Å². The quantitative estimate of drug-likeness (QED) is 0.867. The van der Waals surface area contributed by atoms with Crippen molar-refractivity contribution in [2.45, 2.75) is 17.2 Å². The fourth-order valence-electron chi connectivity index (χ4n) is 1.47. The van der Waals surface area contributed by atoms with Crippen LogP contribution in [0.4, 0.5) is 0 Å². The Hall–Kier alpha value is -0.970. The summed E-state index contributed by atoms with van der Waals surface area (Å²) in [5, 5.41) is 0.663. The molecule has 5 heteroatoms. The zero-order valence-corrected chi connectivity index (χ0v) is 11.1. The molecule has 0 amide bonds. The van der Waals surface area contributed by atoms with Crippen LogP contribution in [0.15, 0.2) is 35.4 Å². The third kappa shape index (κ3) is 3.03. The van der Waals surface area contributed by atoms with Crippen LogP contribution in [0.5, 0.6) is 0 Å². The van der Waals surface area contributed by atoms with Crippen molar-refractivity contribution >= 4 is 23.4 Å². The molecule has 0 spiro atoms. The van der Waals surface area contributed by atoms with Crippen LogP contribution in [0.1, 0.15) is 11.4 Å². The molecule has 0 radical (unpaired) electrons. The van der Waals surface area contributed by atoms with Gasteiger partial charge in [-0.3, -0.25) is 0 Å². The van der Waals surface area contributed by atoms with E-state index in [0.29, 0.717) is 11.7 Å². The molecule has 1 heterocycles. The average molecular weight is 268 g/mol. The lowest BCUT2D eigenvalue weighted by Crippen LogP contribution is -1.97. The van der Waals surface area contributed by atoms with Gasteiger partial charge in [0, 0.05) is 18.5 Å². The first kappa shape index (κ1) is 12.5. The Labute approximate surface area is 110 Å². The largest absolute Gasteiger partial charge is 0.326 e. The minimum atomic E-state index is 0.572. The molecule has 17 heavy (non-hydrogen) atoms. The Kier molecular flexibility index (Phi) is 4.10. The lowest BCUT2D eigenvalue weighted by Gasteiger charge is -2.04. The fourth-order valence-corrected chi connectivity index (χ4v) is 2.59. The number of imidazole rings is 1. The van der Waals surface area contributed by atoms with Crippen molar-refractivity contribution in [3.05, 3.63) is 47.0 Å². The van der Waals surface area contributed by atoms with E-state index in [-0.39, 0.29) is 0 Å². The van der Waals surface area contributed by atoms with E-state index in [4.69, 9.17) is 17.3 Å². The van der Waals surface area contributed by atoms with E-state index in [9.17, 15) is 0 Å². The second-order valence-corrected chi connectivity index (χ2v) is 5.13. The van der Waals surface area contributed by atoms with Crippen LogP contribution in [0.2, 0.25) is 5.15 Å². The van der Waals surface area contributed by atoms with Crippen molar-refractivity contribution in [1.82, 2.24) is 9.55 Å². The van der Waals surface area contributed by atoms with Crippen LogP contribution in [-0.4, -0.2) is 9.55 Å². The molecule has 0 saturated carbocycles. The maximum absolute atomic E-state index is 5.93. The summed E-state index contributed by atoms with van der Waals surface area (Å²) in [4.78, 5) is 5.46. The van der Waals surface area contributed by atoms with Crippen molar-refractivity contribution < 1.29 is 0 Å². The van der Waals surface area contributed by atoms with Gasteiger partial charge >= 0.3 is 0 Å². The van der Waals surface area contributed by atoms with E-state index in [0.717, 1.165) is 17.1 Å². The highest BCUT2D eigenvalue weighted by atomic mass is 35.5. The monoisotopic (exact) mass is 267 g/mol. The lowest BCUT2D eigenvalue weighted by molar-refractivity contribution is 0.850. The SMILES string of the molecule is Cn1c(Cl)cnc1CSc1cccc(CN)c1. The zero-order valence-electron chi connectivity index (χ0n) is 9.56. The van der Waals surface area contributed by atoms with E-state index in [1.165, 1.54) is 4.90 Å². The van der Waals surface area contributed by atoms with E-state index in [1.54, 1.807) is 18.0 Å². The Bertz CT molecular complexity index is 510. The van der Waals surface area contributed by atoms with Crippen molar-refractivity contribution in [2.75, 3.05) is 0 Å². The molecule has 2 aromatic rings. The summed E-state index contributed by atoms with van der Waals surface area (Å²) in [5.41, 5.74) is 6.76. The van der Waals surface area contributed by atoms with Gasteiger partial charge in [-0.05, 0) is 17.7 Å². The number of aromatic nitrogens is 2. The first-order valence-corrected chi connectivity index (χ1v) is 6.65. The van der Waals surface area contributed by atoms with Gasteiger partial charge < -0.3 is 10.3 Å². The van der Waals surface area contributed by atoms with Crippen molar-refractivity contribution in [2.24, 2.45) is 12.8 Å².